The summed E-state index contributed by atoms with van der Waals surface area (Å²) in [6, 6.07) is 5.10. The van der Waals surface area contributed by atoms with Crippen molar-refractivity contribution < 1.29 is 23.5 Å². The second kappa shape index (κ2) is 8.24. The molecule has 4 rings (SSSR count). The lowest BCUT2D eigenvalue weighted by molar-refractivity contribution is 0.0343. The molecular formula is C20H20F2N4O3. The van der Waals surface area contributed by atoms with E-state index < -0.39 is 17.5 Å². The quantitative estimate of drug-likeness (QED) is 0.506. The van der Waals surface area contributed by atoms with Crippen LogP contribution >= 0.6 is 0 Å². The van der Waals surface area contributed by atoms with Crippen LogP contribution in [0.2, 0.25) is 0 Å². The number of carbonyl (C=O) groups is 1. The molecule has 0 spiro atoms. The minimum atomic E-state index is -0.707. The van der Waals surface area contributed by atoms with Gasteiger partial charge in [0.2, 0.25) is 0 Å². The molecule has 1 aliphatic heterocycles. The first-order valence-electron chi connectivity index (χ1n) is 9.21. The fourth-order valence-corrected chi connectivity index (χ4v) is 3.53. The Bertz CT molecular complexity index is 1050. The molecule has 7 nitrogen and oxygen atoms in total. The Morgan fingerprint density at radius 1 is 1.17 bits per heavy atom. The number of pyridine rings is 1. The Labute approximate surface area is 165 Å². The summed E-state index contributed by atoms with van der Waals surface area (Å²) < 4.78 is 34.6. The van der Waals surface area contributed by atoms with Crippen molar-refractivity contribution in [3.8, 4) is 0 Å². The fraction of sp³-hybridized carbons (Fsp3) is 0.300. The molecule has 9 heteroatoms. The van der Waals surface area contributed by atoms with Gasteiger partial charge in [0.15, 0.2) is 0 Å². The highest BCUT2D eigenvalue weighted by Crippen LogP contribution is 2.25. The van der Waals surface area contributed by atoms with Gasteiger partial charge in [0.05, 0.1) is 31.5 Å². The highest BCUT2D eigenvalue weighted by atomic mass is 19.1. The number of morpholine rings is 1. The topological polar surface area (TPSA) is 79.6 Å². The predicted octanol–water partition coefficient (Wildman–Crippen LogP) is 2.31. The number of ether oxygens (including phenoxy) is 1. The molecular weight excluding hydrogens is 382 g/mol. The second-order valence-electron chi connectivity index (χ2n) is 6.93. The highest BCUT2D eigenvalue weighted by molar-refractivity contribution is 5.96. The molecule has 0 saturated carbocycles. The van der Waals surface area contributed by atoms with E-state index in [1.165, 1.54) is 18.3 Å². The van der Waals surface area contributed by atoms with E-state index in [1.54, 1.807) is 11.5 Å². The van der Waals surface area contributed by atoms with E-state index in [-0.39, 0.29) is 12.2 Å². The number of nitrogens with one attached hydrogen (secondary N) is 1. The summed E-state index contributed by atoms with van der Waals surface area (Å²) in [5.74, 6) is -1.95. The zero-order chi connectivity index (χ0) is 20.4. The summed E-state index contributed by atoms with van der Waals surface area (Å²) in [6.45, 7) is 3.70. The lowest BCUT2D eigenvalue weighted by Gasteiger charge is -2.26. The first-order valence-corrected chi connectivity index (χ1v) is 9.21. The molecule has 3 aromatic rings. The van der Waals surface area contributed by atoms with E-state index >= 15 is 0 Å². The average Bonchev–Trinajstić information content (AvgIpc) is 3.06. The Hall–Kier alpha value is -2.88. The number of nitrogens with zero attached hydrogens (tertiary/aromatic N) is 3. The summed E-state index contributed by atoms with van der Waals surface area (Å²) in [5.41, 5.74) is 3.67. The van der Waals surface area contributed by atoms with Crippen molar-refractivity contribution in [3.63, 3.8) is 0 Å². The summed E-state index contributed by atoms with van der Waals surface area (Å²) in [4.78, 5) is 18.1. The van der Waals surface area contributed by atoms with Crippen molar-refractivity contribution in [1.29, 1.82) is 0 Å². The molecule has 0 bridgehead atoms. The third-order valence-electron chi connectivity index (χ3n) is 5.04. The number of hydrogen-bond acceptors (Lipinski definition) is 5. The maximum absolute atomic E-state index is 14.2. The number of carbonyl (C=O) groups excluding carboxylic acids is 1. The third-order valence-corrected chi connectivity index (χ3v) is 5.04. The number of rotatable bonds is 5. The first-order chi connectivity index (χ1) is 14.0. The molecule has 0 radical (unpaired) electrons. The lowest BCUT2D eigenvalue weighted by Crippen LogP contribution is -2.35. The predicted molar refractivity (Wildman–Crippen MR) is 101 cm³/mol. The molecule has 3 heterocycles. The number of aromatic nitrogens is 2. The van der Waals surface area contributed by atoms with Crippen molar-refractivity contribution in [2.45, 2.75) is 13.1 Å². The average molecular weight is 402 g/mol. The number of fused-ring (bicyclic) bond motifs is 1. The van der Waals surface area contributed by atoms with Crippen LogP contribution in [0.25, 0.3) is 10.9 Å². The van der Waals surface area contributed by atoms with Crippen LogP contribution in [-0.4, -0.2) is 51.9 Å². The zero-order valence-electron chi connectivity index (χ0n) is 15.6. The maximum Gasteiger partial charge on any atom is 0.293 e. The molecule has 0 unspecified atom stereocenters. The minimum Gasteiger partial charge on any atom is -0.379 e. The summed E-state index contributed by atoms with van der Waals surface area (Å²) in [7, 11) is 0. The molecule has 1 amide bonds. The van der Waals surface area contributed by atoms with Crippen molar-refractivity contribution in [2.75, 3.05) is 26.3 Å². The van der Waals surface area contributed by atoms with Gasteiger partial charge in [-0.1, -0.05) is 6.07 Å². The van der Waals surface area contributed by atoms with E-state index in [1.807, 2.05) is 10.8 Å². The van der Waals surface area contributed by atoms with E-state index in [9.17, 15) is 13.6 Å². The Morgan fingerprint density at radius 2 is 1.97 bits per heavy atom. The molecule has 152 valence electrons. The van der Waals surface area contributed by atoms with Crippen LogP contribution in [0.3, 0.4) is 0 Å². The molecule has 0 atom stereocenters. The lowest BCUT2D eigenvalue weighted by atomic mass is 10.1. The standard InChI is InChI=1S/C20H20F2N4O3/c21-15-2-1-13(17(22)7-15)11-26-12-14(10-25-3-5-29-6-4-25)16-8-18(20(27)24-28)23-9-19(16)26/h1-2,7-9,12,28H,3-6,10-11H2,(H,24,27). The van der Waals surface area contributed by atoms with Gasteiger partial charge in [-0.25, -0.2) is 19.2 Å². The fourth-order valence-electron chi connectivity index (χ4n) is 3.53. The van der Waals surface area contributed by atoms with Crippen molar-refractivity contribution in [1.82, 2.24) is 19.9 Å². The van der Waals surface area contributed by atoms with E-state index in [4.69, 9.17) is 9.94 Å². The Morgan fingerprint density at radius 3 is 2.69 bits per heavy atom. The number of halogens is 2. The van der Waals surface area contributed by atoms with E-state index in [0.717, 1.165) is 30.1 Å². The van der Waals surface area contributed by atoms with Crippen molar-refractivity contribution in [3.05, 3.63) is 65.1 Å². The molecule has 1 fully saturated rings. The van der Waals surface area contributed by atoms with Crippen LogP contribution < -0.4 is 5.48 Å². The number of hydrogen-bond donors (Lipinski definition) is 2. The van der Waals surface area contributed by atoms with Crippen LogP contribution in [0.15, 0.2) is 36.7 Å². The van der Waals surface area contributed by atoms with Crippen LogP contribution in [0.5, 0.6) is 0 Å². The van der Waals surface area contributed by atoms with E-state index in [2.05, 4.69) is 9.88 Å². The smallest absolute Gasteiger partial charge is 0.293 e. The Balaban J connectivity index is 1.74. The van der Waals surface area contributed by atoms with Crippen molar-refractivity contribution in [2.24, 2.45) is 0 Å². The van der Waals surface area contributed by atoms with Gasteiger partial charge in [0.1, 0.15) is 17.3 Å². The van der Waals surface area contributed by atoms with Gasteiger partial charge in [-0.05, 0) is 17.7 Å². The summed E-state index contributed by atoms with van der Waals surface area (Å²) in [6.07, 6.45) is 3.41. The molecule has 1 aromatic carbocycles. The van der Waals surface area contributed by atoms with Gasteiger partial charge in [-0.15, -0.1) is 0 Å². The highest BCUT2D eigenvalue weighted by Gasteiger charge is 2.18. The molecule has 1 saturated heterocycles. The molecule has 1 aliphatic rings. The SMILES string of the molecule is O=C(NO)c1cc2c(CN3CCOCC3)cn(Cc3ccc(F)cc3F)c2cn1. The molecule has 2 N–H and O–H groups in total. The number of amides is 1. The van der Waals surface area contributed by atoms with Gasteiger partial charge < -0.3 is 9.30 Å². The van der Waals surface area contributed by atoms with Gasteiger partial charge in [-0.3, -0.25) is 14.9 Å². The summed E-state index contributed by atoms with van der Waals surface area (Å²) >= 11 is 0. The second-order valence-corrected chi connectivity index (χ2v) is 6.93. The van der Waals surface area contributed by atoms with Crippen LogP contribution in [-0.2, 0) is 17.8 Å². The largest absolute Gasteiger partial charge is 0.379 e. The monoisotopic (exact) mass is 402 g/mol. The maximum atomic E-state index is 14.2. The van der Waals surface area contributed by atoms with Gasteiger partial charge in [0.25, 0.3) is 5.91 Å². The normalized spacial score (nSPS) is 15.0. The minimum absolute atomic E-state index is 0.0777. The first kappa shape index (κ1) is 19.4. The molecule has 29 heavy (non-hydrogen) atoms. The van der Waals surface area contributed by atoms with Gasteiger partial charge in [-0.2, -0.15) is 0 Å². The molecule has 2 aromatic heterocycles. The molecule has 0 aliphatic carbocycles. The zero-order valence-corrected chi connectivity index (χ0v) is 15.6. The van der Waals surface area contributed by atoms with Crippen LogP contribution in [0, 0.1) is 11.6 Å². The van der Waals surface area contributed by atoms with Crippen molar-refractivity contribution >= 4 is 16.8 Å². The van der Waals surface area contributed by atoms with Gasteiger partial charge in [0, 0.05) is 42.8 Å². The van der Waals surface area contributed by atoms with Gasteiger partial charge >= 0.3 is 0 Å². The Kier molecular flexibility index (Phi) is 5.52. The van der Waals surface area contributed by atoms with Crippen LogP contribution in [0.1, 0.15) is 21.6 Å². The van der Waals surface area contributed by atoms with Crippen LogP contribution in [0.4, 0.5) is 8.78 Å². The van der Waals surface area contributed by atoms with E-state index in [0.29, 0.717) is 30.8 Å². The third kappa shape index (κ3) is 4.12. The number of benzene rings is 1. The summed E-state index contributed by atoms with van der Waals surface area (Å²) in [5, 5.41) is 9.69. The number of hydroxylamine groups is 1.